The summed E-state index contributed by atoms with van der Waals surface area (Å²) in [5, 5.41) is 9.86. The summed E-state index contributed by atoms with van der Waals surface area (Å²) in [7, 11) is 1.28. The zero-order chi connectivity index (χ0) is 19.7. The maximum atomic E-state index is 12.7. The summed E-state index contributed by atoms with van der Waals surface area (Å²) < 4.78 is 10.4. The Balaban J connectivity index is 1.51. The molecule has 1 heterocycles. The summed E-state index contributed by atoms with van der Waals surface area (Å²) in [5.74, 6) is -0.574. The number of hydrogen-bond donors (Lipinski definition) is 1. The second kappa shape index (κ2) is 7.64. The van der Waals surface area contributed by atoms with E-state index in [-0.39, 0.29) is 25.5 Å². The smallest absolute Gasteiger partial charge is 0.410 e. The van der Waals surface area contributed by atoms with Gasteiger partial charge in [0.2, 0.25) is 0 Å². The minimum atomic E-state index is -0.815. The Hall–Kier alpha value is -2.86. The second-order valence-electron chi connectivity index (χ2n) is 7.21. The monoisotopic (exact) mass is 381 g/mol. The zero-order valence-corrected chi connectivity index (χ0v) is 15.7. The minimum Gasteiger partial charge on any atom is -0.467 e. The predicted molar refractivity (Wildman–Crippen MR) is 103 cm³/mol. The van der Waals surface area contributed by atoms with Gasteiger partial charge >= 0.3 is 12.1 Å². The second-order valence-corrected chi connectivity index (χ2v) is 7.21. The summed E-state index contributed by atoms with van der Waals surface area (Å²) in [6.45, 7) is 0.456. The van der Waals surface area contributed by atoms with Gasteiger partial charge in [-0.3, -0.25) is 4.90 Å². The Bertz CT molecular complexity index is 851. The quantitative estimate of drug-likeness (QED) is 0.828. The van der Waals surface area contributed by atoms with Gasteiger partial charge in [0.1, 0.15) is 12.6 Å². The first-order valence-electron chi connectivity index (χ1n) is 9.47. The molecule has 1 saturated heterocycles. The summed E-state index contributed by atoms with van der Waals surface area (Å²) in [6, 6.07) is 15.4. The van der Waals surface area contributed by atoms with Crippen molar-refractivity contribution in [2.24, 2.45) is 0 Å². The molecule has 0 radical (unpaired) electrons. The van der Waals surface area contributed by atoms with Crippen LogP contribution >= 0.6 is 0 Å². The molecule has 1 aliphatic carbocycles. The van der Waals surface area contributed by atoms with E-state index in [1.54, 1.807) is 0 Å². The Kier molecular flexibility index (Phi) is 5.05. The molecular weight excluding hydrogens is 358 g/mol. The molecule has 1 aliphatic heterocycles. The molecule has 28 heavy (non-hydrogen) atoms. The van der Waals surface area contributed by atoms with Crippen molar-refractivity contribution < 1.29 is 24.2 Å². The standard InChI is InChI=1S/C22H23NO5/c1-27-21(25)20-12-14(24)10-11-23(20)22(26)28-13-19-17-8-4-2-6-15(17)16-7-3-5-9-18(16)19/h2-9,14,19-20,24H,10-13H2,1H3/t14-,20+/m1/s1. The SMILES string of the molecule is COC(=O)[C@@H]1C[C@H](O)CCN1C(=O)OCC1c2ccccc2-c2ccccc21. The average Bonchev–Trinajstić information content (AvgIpc) is 3.05. The van der Waals surface area contributed by atoms with Crippen molar-refractivity contribution in [1.82, 2.24) is 4.90 Å². The van der Waals surface area contributed by atoms with Crippen molar-refractivity contribution in [3.63, 3.8) is 0 Å². The molecule has 0 aromatic heterocycles. The minimum absolute atomic E-state index is 0.0386. The number of carbonyl (C=O) groups is 2. The van der Waals surface area contributed by atoms with Crippen molar-refractivity contribution in [3.8, 4) is 11.1 Å². The van der Waals surface area contributed by atoms with Crippen LogP contribution in [0.1, 0.15) is 29.9 Å². The van der Waals surface area contributed by atoms with Crippen LogP contribution in [0.2, 0.25) is 0 Å². The van der Waals surface area contributed by atoms with Crippen molar-refractivity contribution in [3.05, 3.63) is 59.7 Å². The van der Waals surface area contributed by atoms with Crippen LogP contribution in [0.25, 0.3) is 11.1 Å². The lowest BCUT2D eigenvalue weighted by atomic mass is 9.98. The van der Waals surface area contributed by atoms with Crippen molar-refractivity contribution in [2.75, 3.05) is 20.3 Å². The highest BCUT2D eigenvalue weighted by molar-refractivity contribution is 5.82. The molecule has 0 unspecified atom stereocenters. The van der Waals surface area contributed by atoms with Gasteiger partial charge < -0.3 is 14.6 Å². The highest BCUT2D eigenvalue weighted by Gasteiger charge is 2.38. The van der Waals surface area contributed by atoms with Crippen LogP contribution in [0.15, 0.2) is 48.5 Å². The van der Waals surface area contributed by atoms with Gasteiger partial charge in [0.25, 0.3) is 0 Å². The molecule has 1 N–H and O–H groups in total. The first kappa shape index (κ1) is 18.5. The molecule has 1 amide bonds. The molecule has 0 saturated carbocycles. The van der Waals surface area contributed by atoms with Gasteiger partial charge in [-0.2, -0.15) is 0 Å². The molecule has 0 bridgehead atoms. The predicted octanol–water partition coefficient (Wildman–Crippen LogP) is 2.93. The fourth-order valence-electron chi connectivity index (χ4n) is 4.20. The van der Waals surface area contributed by atoms with E-state index in [9.17, 15) is 14.7 Å². The Morgan fingerprint density at radius 3 is 2.29 bits per heavy atom. The van der Waals surface area contributed by atoms with Crippen LogP contribution in [-0.4, -0.2) is 54.5 Å². The number of benzene rings is 2. The van der Waals surface area contributed by atoms with E-state index >= 15 is 0 Å². The third kappa shape index (κ3) is 3.24. The number of fused-ring (bicyclic) bond motifs is 3. The normalized spacial score (nSPS) is 21.0. The number of amides is 1. The van der Waals surface area contributed by atoms with E-state index in [4.69, 9.17) is 9.47 Å². The van der Waals surface area contributed by atoms with E-state index in [0.29, 0.717) is 6.42 Å². The molecule has 2 atom stereocenters. The summed E-state index contributed by atoms with van der Waals surface area (Å²) in [6.07, 6.45) is -0.597. The number of hydrogen-bond acceptors (Lipinski definition) is 5. The number of ether oxygens (including phenoxy) is 2. The molecular formula is C22H23NO5. The summed E-state index contributed by atoms with van der Waals surface area (Å²) in [5.41, 5.74) is 4.59. The van der Waals surface area contributed by atoms with Crippen molar-refractivity contribution >= 4 is 12.1 Å². The van der Waals surface area contributed by atoms with Crippen molar-refractivity contribution in [2.45, 2.75) is 30.9 Å². The molecule has 4 rings (SSSR count). The molecule has 2 aliphatic rings. The van der Waals surface area contributed by atoms with Gasteiger partial charge in [-0.05, 0) is 28.7 Å². The molecule has 2 aromatic rings. The topological polar surface area (TPSA) is 76.1 Å². The largest absolute Gasteiger partial charge is 0.467 e. The molecule has 1 fully saturated rings. The maximum absolute atomic E-state index is 12.7. The third-order valence-corrected chi connectivity index (χ3v) is 5.62. The van der Waals surface area contributed by atoms with Crippen molar-refractivity contribution in [1.29, 1.82) is 0 Å². The van der Waals surface area contributed by atoms with Gasteiger partial charge in [-0.15, -0.1) is 0 Å². The summed E-state index contributed by atoms with van der Waals surface area (Å²) in [4.78, 5) is 26.1. The Labute approximate surface area is 163 Å². The lowest BCUT2D eigenvalue weighted by Crippen LogP contribution is -2.52. The van der Waals surface area contributed by atoms with Gasteiger partial charge in [0.15, 0.2) is 0 Å². The first-order chi connectivity index (χ1) is 13.6. The number of methoxy groups -OCH3 is 1. The number of likely N-dealkylation sites (tertiary alicyclic amines) is 1. The van der Waals surface area contributed by atoms with E-state index in [1.807, 2.05) is 24.3 Å². The molecule has 146 valence electrons. The number of esters is 1. The molecule has 6 heteroatoms. The number of aliphatic hydroxyl groups is 1. The Morgan fingerprint density at radius 1 is 1.07 bits per heavy atom. The number of nitrogens with zero attached hydrogens (tertiary/aromatic N) is 1. The highest BCUT2D eigenvalue weighted by atomic mass is 16.6. The van der Waals surface area contributed by atoms with E-state index in [1.165, 1.54) is 12.0 Å². The van der Waals surface area contributed by atoms with Crippen LogP contribution < -0.4 is 0 Å². The third-order valence-electron chi connectivity index (χ3n) is 5.62. The van der Waals surface area contributed by atoms with Crippen LogP contribution in [0.4, 0.5) is 4.79 Å². The maximum Gasteiger partial charge on any atom is 0.410 e. The molecule has 6 nitrogen and oxygen atoms in total. The van der Waals surface area contributed by atoms with E-state index in [2.05, 4.69) is 24.3 Å². The lowest BCUT2D eigenvalue weighted by Gasteiger charge is -2.35. The zero-order valence-electron chi connectivity index (χ0n) is 15.7. The van der Waals surface area contributed by atoms with Gasteiger partial charge in [0, 0.05) is 18.9 Å². The molecule has 2 aromatic carbocycles. The fraction of sp³-hybridized carbons (Fsp3) is 0.364. The van der Waals surface area contributed by atoms with Gasteiger partial charge in [0.05, 0.1) is 13.2 Å². The lowest BCUT2D eigenvalue weighted by molar-refractivity contribution is -0.149. The average molecular weight is 381 g/mol. The molecule has 0 spiro atoms. The highest BCUT2D eigenvalue weighted by Crippen LogP contribution is 2.44. The van der Waals surface area contributed by atoms with Gasteiger partial charge in [-0.1, -0.05) is 48.5 Å². The van der Waals surface area contributed by atoms with Crippen LogP contribution in [0, 0.1) is 0 Å². The van der Waals surface area contributed by atoms with Crippen LogP contribution in [0.5, 0.6) is 0 Å². The van der Waals surface area contributed by atoms with Crippen LogP contribution in [-0.2, 0) is 14.3 Å². The number of rotatable bonds is 3. The number of carbonyl (C=O) groups excluding carboxylic acids is 2. The summed E-state index contributed by atoms with van der Waals surface area (Å²) >= 11 is 0. The van der Waals surface area contributed by atoms with Crippen LogP contribution in [0.3, 0.4) is 0 Å². The number of piperidine rings is 1. The number of aliphatic hydroxyl groups excluding tert-OH is 1. The Morgan fingerprint density at radius 2 is 1.68 bits per heavy atom. The van der Waals surface area contributed by atoms with Gasteiger partial charge in [-0.25, -0.2) is 9.59 Å². The van der Waals surface area contributed by atoms with E-state index < -0.39 is 24.2 Å². The van der Waals surface area contributed by atoms with E-state index in [0.717, 1.165) is 22.3 Å². The fourth-order valence-corrected chi connectivity index (χ4v) is 4.20. The first-order valence-corrected chi connectivity index (χ1v) is 9.47.